The van der Waals surface area contributed by atoms with Crippen LogP contribution in [0.2, 0.25) is 0 Å². The predicted octanol–water partition coefficient (Wildman–Crippen LogP) is 4.86. The summed E-state index contributed by atoms with van der Waals surface area (Å²) in [5.41, 5.74) is 4.79. The second kappa shape index (κ2) is 6.75. The number of aromatic nitrogens is 2. The predicted molar refractivity (Wildman–Crippen MR) is 109 cm³/mol. The van der Waals surface area contributed by atoms with Gasteiger partial charge in [-0.25, -0.2) is 4.98 Å². The summed E-state index contributed by atoms with van der Waals surface area (Å²) in [4.78, 5) is 7.84. The first-order valence-corrected chi connectivity index (χ1v) is 8.90. The molecule has 0 bridgehead atoms. The summed E-state index contributed by atoms with van der Waals surface area (Å²) in [6, 6.07) is 23.8. The molecule has 132 valence electrons. The number of nitrogens with zero attached hydrogens (tertiary/aromatic N) is 1. The van der Waals surface area contributed by atoms with Crippen molar-refractivity contribution in [2.75, 3.05) is 0 Å². The number of aromatic amines is 1. The van der Waals surface area contributed by atoms with Crippen molar-refractivity contribution < 1.29 is 5.11 Å². The summed E-state index contributed by atoms with van der Waals surface area (Å²) in [7, 11) is 0. The number of nitrogens with one attached hydrogen (secondary N) is 1. The number of fused-ring (bicyclic) bond motifs is 1. The number of rotatable bonds is 2. The van der Waals surface area contributed by atoms with Crippen molar-refractivity contribution in [2.24, 2.45) is 0 Å². The molecule has 1 heterocycles. The molecule has 0 aliphatic heterocycles. The molecule has 4 aromatic rings. The van der Waals surface area contributed by atoms with Crippen LogP contribution in [-0.4, -0.2) is 15.1 Å². The minimum absolute atomic E-state index is 0.641. The van der Waals surface area contributed by atoms with Gasteiger partial charge in [-0.15, -0.1) is 0 Å². The van der Waals surface area contributed by atoms with Crippen molar-refractivity contribution in [3.63, 3.8) is 0 Å². The molecular formula is C24H20N2O. The fourth-order valence-corrected chi connectivity index (χ4v) is 3.16. The van der Waals surface area contributed by atoms with Crippen LogP contribution in [0.5, 0.6) is 0 Å². The number of hydrogen-bond acceptors (Lipinski definition) is 2. The van der Waals surface area contributed by atoms with E-state index in [-0.39, 0.29) is 0 Å². The van der Waals surface area contributed by atoms with E-state index in [1.165, 1.54) is 0 Å². The summed E-state index contributed by atoms with van der Waals surface area (Å²) in [5.74, 6) is 6.85. The number of hydrogen-bond donors (Lipinski definition) is 2. The SMILES string of the molecule is CC(C)(O)c1ccccc1-c1ccc2nc(C#Cc3ccccc3)[nH]c2c1. The Balaban J connectivity index is 1.74. The monoisotopic (exact) mass is 352 g/mol. The van der Waals surface area contributed by atoms with Crippen LogP contribution in [0.25, 0.3) is 22.2 Å². The Labute approximate surface area is 158 Å². The minimum atomic E-state index is -0.911. The van der Waals surface area contributed by atoms with E-state index in [4.69, 9.17) is 0 Å². The van der Waals surface area contributed by atoms with E-state index in [9.17, 15) is 5.11 Å². The van der Waals surface area contributed by atoms with Gasteiger partial charge in [0, 0.05) is 5.56 Å². The zero-order valence-corrected chi connectivity index (χ0v) is 15.3. The van der Waals surface area contributed by atoms with Crippen molar-refractivity contribution in [3.05, 3.63) is 89.7 Å². The van der Waals surface area contributed by atoms with Crippen LogP contribution < -0.4 is 0 Å². The Bertz CT molecular complexity index is 1160. The largest absolute Gasteiger partial charge is 0.386 e. The lowest BCUT2D eigenvalue weighted by Gasteiger charge is -2.21. The van der Waals surface area contributed by atoms with Crippen LogP contribution in [0.1, 0.15) is 30.8 Å². The molecular weight excluding hydrogens is 332 g/mol. The first-order chi connectivity index (χ1) is 13.0. The lowest BCUT2D eigenvalue weighted by Crippen LogP contribution is -2.16. The molecule has 3 heteroatoms. The van der Waals surface area contributed by atoms with Gasteiger partial charge in [-0.2, -0.15) is 0 Å². The highest BCUT2D eigenvalue weighted by atomic mass is 16.3. The normalized spacial score (nSPS) is 11.2. The molecule has 0 aliphatic rings. The fourth-order valence-electron chi connectivity index (χ4n) is 3.16. The topological polar surface area (TPSA) is 48.9 Å². The standard InChI is InChI=1S/C24H20N2O/c1-24(2,27)20-11-7-6-10-19(20)18-13-14-21-22(16-18)26-23(25-21)15-12-17-8-4-3-5-9-17/h3-11,13-14,16,27H,1-2H3,(H,25,26). The number of benzene rings is 3. The lowest BCUT2D eigenvalue weighted by atomic mass is 9.89. The molecule has 0 amide bonds. The summed E-state index contributed by atoms with van der Waals surface area (Å²) in [6.45, 7) is 3.61. The average Bonchev–Trinajstić information content (AvgIpc) is 3.08. The molecule has 0 unspecified atom stereocenters. The molecule has 3 nitrogen and oxygen atoms in total. The highest BCUT2D eigenvalue weighted by Gasteiger charge is 2.20. The van der Waals surface area contributed by atoms with Gasteiger partial charge in [-0.3, -0.25) is 0 Å². The van der Waals surface area contributed by atoms with Gasteiger partial charge in [-0.1, -0.05) is 54.5 Å². The third-order valence-electron chi connectivity index (χ3n) is 4.48. The second-order valence-electron chi connectivity index (χ2n) is 7.04. The number of aliphatic hydroxyl groups is 1. The zero-order chi connectivity index (χ0) is 18.9. The Morgan fingerprint density at radius 2 is 1.63 bits per heavy atom. The number of imidazole rings is 1. The van der Waals surface area contributed by atoms with E-state index in [1.54, 1.807) is 13.8 Å². The molecule has 0 saturated heterocycles. The van der Waals surface area contributed by atoms with Crippen molar-refractivity contribution in [1.29, 1.82) is 0 Å². The van der Waals surface area contributed by atoms with Gasteiger partial charge in [0.25, 0.3) is 0 Å². The maximum atomic E-state index is 10.5. The van der Waals surface area contributed by atoms with E-state index < -0.39 is 5.60 Å². The van der Waals surface area contributed by atoms with E-state index in [0.717, 1.165) is 33.3 Å². The molecule has 3 aromatic carbocycles. The number of H-pyrrole nitrogens is 1. The van der Waals surface area contributed by atoms with Crippen molar-refractivity contribution in [1.82, 2.24) is 9.97 Å². The van der Waals surface area contributed by atoms with Crippen LogP contribution in [0.15, 0.2) is 72.8 Å². The summed E-state index contributed by atoms with van der Waals surface area (Å²) in [5, 5.41) is 10.5. The van der Waals surface area contributed by atoms with Gasteiger partial charge in [0.1, 0.15) is 0 Å². The Hall–Kier alpha value is -3.35. The van der Waals surface area contributed by atoms with E-state index in [2.05, 4.69) is 27.9 Å². The third-order valence-corrected chi connectivity index (χ3v) is 4.48. The quantitative estimate of drug-likeness (QED) is 0.506. The maximum Gasteiger partial charge on any atom is 0.184 e. The average molecular weight is 352 g/mol. The summed E-state index contributed by atoms with van der Waals surface area (Å²) < 4.78 is 0. The smallest absolute Gasteiger partial charge is 0.184 e. The third kappa shape index (κ3) is 3.62. The van der Waals surface area contributed by atoms with Gasteiger partial charge >= 0.3 is 0 Å². The van der Waals surface area contributed by atoms with E-state index in [0.29, 0.717) is 5.82 Å². The van der Waals surface area contributed by atoms with Crippen LogP contribution in [0.4, 0.5) is 0 Å². The Kier molecular flexibility index (Phi) is 4.27. The molecule has 0 atom stereocenters. The zero-order valence-electron chi connectivity index (χ0n) is 15.3. The second-order valence-corrected chi connectivity index (χ2v) is 7.04. The van der Waals surface area contributed by atoms with E-state index >= 15 is 0 Å². The van der Waals surface area contributed by atoms with Crippen LogP contribution in [0.3, 0.4) is 0 Å². The van der Waals surface area contributed by atoms with Crippen molar-refractivity contribution in [2.45, 2.75) is 19.4 Å². The molecule has 0 fully saturated rings. The molecule has 1 aromatic heterocycles. The van der Waals surface area contributed by atoms with Crippen LogP contribution >= 0.6 is 0 Å². The molecule has 0 spiro atoms. The maximum absolute atomic E-state index is 10.5. The molecule has 27 heavy (non-hydrogen) atoms. The Morgan fingerprint density at radius 1 is 0.889 bits per heavy atom. The van der Waals surface area contributed by atoms with Gasteiger partial charge in [0.15, 0.2) is 5.82 Å². The van der Waals surface area contributed by atoms with E-state index in [1.807, 2.05) is 66.7 Å². The van der Waals surface area contributed by atoms with Crippen LogP contribution in [-0.2, 0) is 5.60 Å². The highest BCUT2D eigenvalue weighted by Crippen LogP contribution is 2.32. The summed E-state index contributed by atoms with van der Waals surface area (Å²) >= 11 is 0. The lowest BCUT2D eigenvalue weighted by molar-refractivity contribution is 0.0792. The highest BCUT2D eigenvalue weighted by molar-refractivity contribution is 5.83. The first kappa shape index (κ1) is 17.1. The molecule has 0 radical (unpaired) electrons. The fraction of sp³-hybridized carbons (Fsp3) is 0.125. The van der Waals surface area contributed by atoms with Crippen LogP contribution in [0, 0.1) is 11.8 Å². The van der Waals surface area contributed by atoms with Gasteiger partial charge in [0.05, 0.1) is 16.6 Å². The summed E-state index contributed by atoms with van der Waals surface area (Å²) in [6.07, 6.45) is 0. The van der Waals surface area contributed by atoms with Gasteiger partial charge in [0.2, 0.25) is 0 Å². The van der Waals surface area contributed by atoms with Crippen molar-refractivity contribution in [3.8, 4) is 23.0 Å². The Morgan fingerprint density at radius 3 is 2.41 bits per heavy atom. The minimum Gasteiger partial charge on any atom is -0.386 e. The first-order valence-electron chi connectivity index (χ1n) is 8.90. The van der Waals surface area contributed by atoms with Gasteiger partial charge < -0.3 is 10.1 Å². The molecule has 0 aliphatic carbocycles. The van der Waals surface area contributed by atoms with Crippen molar-refractivity contribution >= 4 is 11.0 Å². The molecule has 2 N–H and O–H groups in total. The molecule has 4 rings (SSSR count). The molecule has 0 saturated carbocycles. The van der Waals surface area contributed by atoms with Gasteiger partial charge in [-0.05, 0) is 60.7 Å².